The van der Waals surface area contributed by atoms with Gasteiger partial charge in [0.1, 0.15) is 6.29 Å². The Morgan fingerprint density at radius 1 is 1.14 bits per heavy atom. The van der Waals surface area contributed by atoms with Crippen LogP contribution in [0.1, 0.15) is 43.8 Å². The number of hydrogen-bond acceptors (Lipinski definition) is 3. The standard InChI is InChI=1S/C19H16O3/c1-22-19(21)16-10-9-14-3-2-4-17(18(14)11-16)15-7-5-13(12-20)6-8-15/h4-12H,2-3H2,1H3. The van der Waals surface area contributed by atoms with E-state index in [1.165, 1.54) is 12.7 Å². The monoisotopic (exact) mass is 292 g/mol. The van der Waals surface area contributed by atoms with E-state index in [4.69, 9.17) is 4.74 Å². The maximum atomic E-state index is 11.7. The molecule has 3 heteroatoms. The summed E-state index contributed by atoms with van der Waals surface area (Å²) in [5.41, 5.74) is 5.65. The molecule has 2 aromatic carbocycles. The Bertz CT molecular complexity index is 755. The van der Waals surface area contributed by atoms with E-state index in [0.29, 0.717) is 11.1 Å². The molecule has 0 atom stereocenters. The number of rotatable bonds is 3. The van der Waals surface area contributed by atoms with Gasteiger partial charge in [-0.15, -0.1) is 0 Å². The second kappa shape index (κ2) is 5.98. The molecule has 1 aliphatic carbocycles. The van der Waals surface area contributed by atoms with Gasteiger partial charge in [-0.1, -0.05) is 36.4 Å². The highest BCUT2D eigenvalue weighted by molar-refractivity contribution is 5.92. The van der Waals surface area contributed by atoms with E-state index in [2.05, 4.69) is 6.08 Å². The number of ether oxygens (including phenoxy) is 1. The van der Waals surface area contributed by atoms with E-state index in [1.807, 2.05) is 42.5 Å². The summed E-state index contributed by atoms with van der Waals surface area (Å²) in [5.74, 6) is -0.330. The lowest BCUT2D eigenvalue weighted by molar-refractivity contribution is 0.0600. The molecule has 3 nitrogen and oxygen atoms in total. The molecule has 110 valence electrons. The van der Waals surface area contributed by atoms with Crippen molar-refractivity contribution in [2.45, 2.75) is 12.8 Å². The van der Waals surface area contributed by atoms with Gasteiger partial charge >= 0.3 is 5.97 Å². The Labute approximate surface area is 129 Å². The van der Waals surface area contributed by atoms with Crippen LogP contribution in [0.2, 0.25) is 0 Å². The molecule has 0 aromatic heterocycles. The molecule has 0 amide bonds. The molecule has 0 saturated carbocycles. The number of hydrogen-bond donors (Lipinski definition) is 0. The highest BCUT2D eigenvalue weighted by Gasteiger charge is 2.17. The number of benzene rings is 2. The fourth-order valence-electron chi connectivity index (χ4n) is 2.79. The van der Waals surface area contributed by atoms with Crippen LogP contribution >= 0.6 is 0 Å². The number of carbonyl (C=O) groups excluding carboxylic acids is 2. The molecule has 3 rings (SSSR count). The first-order chi connectivity index (χ1) is 10.7. The lowest BCUT2D eigenvalue weighted by atomic mass is 9.86. The first-order valence-electron chi connectivity index (χ1n) is 7.20. The molecule has 0 N–H and O–H groups in total. The first kappa shape index (κ1) is 14.3. The third kappa shape index (κ3) is 2.58. The van der Waals surface area contributed by atoms with Crippen LogP contribution in [0, 0.1) is 0 Å². The Balaban J connectivity index is 2.05. The van der Waals surface area contributed by atoms with Crippen molar-refractivity contribution in [3.05, 3.63) is 76.4 Å². The molecule has 1 aliphatic rings. The second-order valence-corrected chi connectivity index (χ2v) is 5.26. The molecule has 0 fully saturated rings. The highest BCUT2D eigenvalue weighted by Crippen LogP contribution is 2.32. The predicted octanol–water partition coefficient (Wildman–Crippen LogP) is 3.66. The van der Waals surface area contributed by atoms with E-state index in [1.54, 1.807) is 0 Å². The highest BCUT2D eigenvalue weighted by atomic mass is 16.5. The Morgan fingerprint density at radius 2 is 1.91 bits per heavy atom. The lowest BCUT2D eigenvalue weighted by Gasteiger charge is -2.19. The number of methoxy groups -OCH3 is 1. The molecular weight excluding hydrogens is 276 g/mol. The van der Waals surface area contributed by atoms with E-state index >= 15 is 0 Å². The molecule has 22 heavy (non-hydrogen) atoms. The van der Waals surface area contributed by atoms with E-state index in [9.17, 15) is 9.59 Å². The van der Waals surface area contributed by atoms with Crippen LogP contribution < -0.4 is 0 Å². The maximum Gasteiger partial charge on any atom is 0.337 e. The third-order valence-electron chi connectivity index (χ3n) is 3.94. The Hall–Kier alpha value is -2.68. The van der Waals surface area contributed by atoms with Crippen LogP contribution in [0.4, 0.5) is 0 Å². The van der Waals surface area contributed by atoms with Crippen molar-refractivity contribution in [3.8, 4) is 0 Å². The number of carbonyl (C=O) groups is 2. The van der Waals surface area contributed by atoms with Gasteiger partial charge in [-0.3, -0.25) is 4.79 Å². The number of aryl methyl sites for hydroxylation is 1. The van der Waals surface area contributed by atoms with Crippen LogP contribution in [-0.2, 0) is 11.2 Å². The summed E-state index contributed by atoms with van der Waals surface area (Å²) in [5, 5.41) is 0. The molecule has 0 heterocycles. The minimum atomic E-state index is -0.330. The van der Waals surface area contributed by atoms with Crippen molar-refractivity contribution >= 4 is 17.8 Å². The predicted molar refractivity (Wildman–Crippen MR) is 85.0 cm³/mol. The summed E-state index contributed by atoms with van der Waals surface area (Å²) in [4.78, 5) is 22.5. The molecule has 0 bridgehead atoms. The summed E-state index contributed by atoms with van der Waals surface area (Å²) in [6, 6.07) is 13.2. The topological polar surface area (TPSA) is 43.4 Å². The first-order valence-corrected chi connectivity index (χ1v) is 7.20. The lowest BCUT2D eigenvalue weighted by Crippen LogP contribution is -2.06. The molecule has 0 unspecified atom stereocenters. The van der Waals surface area contributed by atoms with Crippen LogP contribution in [0.15, 0.2) is 48.5 Å². The quantitative estimate of drug-likeness (QED) is 0.640. The molecule has 0 aliphatic heterocycles. The average Bonchev–Trinajstić information content (AvgIpc) is 2.60. The van der Waals surface area contributed by atoms with E-state index in [0.717, 1.165) is 35.8 Å². The third-order valence-corrected chi connectivity index (χ3v) is 3.94. The van der Waals surface area contributed by atoms with Crippen LogP contribution in [0.5, 0.6) is 0 Å². The maximum absolute atomic E-state index is 11.7. The van der Waals surface area contributed by atoms with Gasteiger partial charge in [-0.25, -0.2) is 4.79 Å². The smallest absolute Gasteiger partial charge is 0.337 e. The van der Waals surface area contributed by atoms with Gasteiger partial charge in [0.05, 0.1) is 12.7 Å². The normalized spacial score (nSPS) is 13.0. The van der Waals surface area contributed by atoms with Gasteiger partial charge in [0, 0.05) is 5.56 Å². The Kier molecular flexibility index (Phi) is 3.88. The van der Waals surface area contributed by atoms with E-state index < -0.39 is 0 Å². The molecule has 0 saturated heterocycles. The Morgan fingerprint density at radius 3 is 2.59 bits per heavy atom. The molecule has 0 radical (unpaired) electrons. The minimum Gasteiger partial charge on any atom is -0.465 e. The van der Waals surface area contributed by atoms with Gasteiger partial charge in [0.2, 0.25) is 0 Å². The van der Waals surface area contributed by atoms with Gasteiger partial charge in [0.15, 0.2) is 0 Å². The minimum absolute atomic E-state index is 0.330. The fourth-order valence-corrected chi connectivity index (χ4v) is 2.79. The van der Waals surface area contributed by atoms with Crippen molar-refractivity contribution in [2.75, 3.05) is 7.11 Å². The number of aldehydes is 1. The summed E-state index contributed by atoms with van der Waals surface area (Å²) in [7, 11) is 1.39. The zero-order valence-electron chi connectivity index (χ0n) is 12.3. The summed E-state index contributed by atoms with van der Waals surface area (Å²) < 4.78 is 4.80. The van der Waals surface area contributed by atoms with Gasteiger partial charge in [-0.05, 0) is 47.2 Å². The zero-order chi connectivity index (χ0) is 15.5. The largest absolute Gasteiger partial charge is 0.465 e. The summed E-state index contributed by atoms with van der Waals surface area (Å²) >= 11 is 0. The van der Waals surface area contributed by atoms with Crippen molar-refractivity contribution in [2.24, 2.45) is 0 Å². The van der Waals surface area contributed by atoms with Gasteiger partial charge in [-0.2, -0.15) is 0 Å². The molecule has 2 aromatic rings. The zero-order valence-corrected chi connectivity index (χ0v) is 12.3. The summed E-state index contributed by atoms with van der Waals surface area (Å²) in [6.07, 6.45) is 4.95. The number of esters is 1. The molecular formula is C19H16O3. The molecule has 0 spiro atoms. The number of fused-ring (bicyclic) bond motifs is 1. The second-order valence-electron chi connectivity index (χ2n) is 5.26. The van der Waals surface area contributed by atoms with Gasteiger partial charge < -0.3 is 4.74 Å². The van der Waals surface area contributed by atoms with Crippen molar-refractivity contribution in [1.29, 1.82) is 0 Å². The van der Waals surface area contributed by atoms with Crippen molar-refractivity contribution < 1.29 is 14.3 Å². The SMILES string of the molecule is COC(=O)c1ccc2c(c1)C(c1ccc(C=O)cc1)=CCC2. The fraction of sp³-hybridized carbons (Fsp3) is 0.158. The van der Waals surface area contributed by atoms with Crippen molar-refractivity contribution in [3.63, 3.8) is 0 Å². The van der Waals surface area contributed by atoms with E-state index in [-0.39, 0.29) is 5.97 Å². The summed E-state index contributed by atoms with van der Waals surface area (Å²) in [6.45, 7) is 0. The number of allylic oxidation sites excluding steroid dienone is 1. The van der Waals surface area contributed by atoms with Crippen LogP contribution in [0.3, 0.4) is 0 Å². The average molecular weight is 292 g/mol. The van der Waals surface area contributed by atoms with Crippen LogP contribution in [0.25, 0.3) is 5.57 Å². The van der Waals surface area contributed by atoms with Crippen molar-refractivity contribution in [1.82, 2.24) is 0 Å². The van der Waals surface area contributed by atoms with Crippen LogP contribution in [-0.4, -0.2) is 19.4 Å². The van der Waals surface area contributed by atoms with Gasteiger partial charge in [0.25, 0.3) is 0 Å².